The van der Waals surface area contributed by atoms with E-state index in [4.69, 9.17) is 0 Å². The molecule has 0 atom stereocenters. The first-order valence-corrected chi connectivity index (χ1v) is 5.98. The monoisotopic (exact) mass is 256 g/mol. The third-order valence-electron chi connectivity index (χ3n) is 2.19. The van der Waals surface area contributed by atoms with E-state index in [1.807, 2.05) is 12.1 Å². The van der Waals surface area contributed by atoms with Gasteiger partial charge in [-0.15, -0.1) is 11.3 Å². The number of benzene rings is 1. The predicted octanol–water partition coefficient (Wildman–Crippen LogP) is 3.81. The standard InChI is InChI=1S/C10H9BrOS/c1-6-2-3-7-9(12)5-13-10(7)8(6)4-11/h2-3,5,12H,4H2,1H3. The maximum atomic E-state index is 9.52. The van der Waals surface area contributed by atoms with E-state index >= 15 is 0 Å². The van der Waals surface area contributed by atoms with Crippen LogP contribution in [0.1, 0.15) is 11.1 Å². The third-order valence-corrected chi connectivity index (χ3v) is 3.80. The molecule has 0 unspecified atom stereocenters. The van der Waals surface area contributed by atoms with E-state index in [9.17, 15) is 5.11 Å². The summed E-state index contributed by atoms with van der Waals surface area (Å²) in [6, 6.07) is 4.02. The van der Waals surface area contributed by atoms with E-state index in [0.717, 1.165) is 10.7 Å². The Hall–Kier alpha value is -0.540. The molecule has 2 aromatic rings. The summed E-state index contributed by atoms with van der Waals surface area (Å²) >= 11 is 5.06. The van der Waals surface area contributed by atoms with E-state index < -0.39 is 0 Å². The predicted molar refractivity (Wildman–Crippen MR) is 60.9 cm³/mol. The molecule has 0 fully saturated rings. The van der Waals surface area contributed by atoms with Crippen LogP contribution in [0, 0.1) is 6.92 Å². The van der Waals surface area contributed by atoms with Crippen molar-refractivity contribution < 1.29 is 5.11 Å². The van der Waals surface area contributed by atoms with Crippen molar-refractivity contribution >= 4 is 37.4 Å². The van der Waals surface area contributed by atoms with Gasteiger partial charge in [0.25, 0.3) is 0 Å². The highest BCUT2D eigenvalue weighted by molar-refractivity contribution is 9.08. The molecule has 68 valence electrons. The largest absolute Gasteiger partial charge is 0.506 e. The first kappa shape index (κ1) is 9.03. The fraction of sp³-hybridized carbons (Fsp3) is 0.200. The number of hydrogen-bond donors (Lipinski definition) is 1. The van der Waals surface area contributed by atoms with Gasteiger partial charge in [-0.1, -0.05) is 22.0 Å². The minimum Gasteiger partial charge on any atom is -0.506 e. The number of hydrogen-bond acceptors (Lipinski definition) is 2. The van der Waals surface area contributed by atoms with Gasteiger partial charge in [0.2, 0.25) is 0 Å². The number of aromatic hydroxyl groups is 1. The summed E-state index contributed by atoms with van der Waals surface area (Å²) in [5.74, 6) is 0.391. The second-order valence-corrected chi connectivity index (χ2v) is 4.43. The average molecular weight is 257 g/mol. The van der Waals surface area contributed by atoms with Gasteiger partial charge in [-0.2, -0.15) is 0 Å². The van der Waals surface area contributed by atoms with Crippen molar-refractivity contribution in [2.45, 2.75) is 12.3 Å². The first-order valence-electron chi connectivity index (χ1n) is 3.98. The molecule has 0 amide bonds. The van der Waals surface area contributed by atoms with Crippen molar-refractivity contribution in [3.8, 4) is 5.75 Å². The van der Waals surface area contributed by atoms with Crippen LogP contribution in [0.2, 0.25) is 0 Å². The van der Waals surface area contributed by atoms with Crippen LogP contribution in [0.3, 0.4) is 0 Å². The van der Waals surface area contributed by atoms with Crippen LogP contribution < -0.4 is 0 Å². The Kier molecular flexibility index (Phi) is 2.30. The molecule has 0 radical (unpaired) electrons. The SMILES string of the molecule is Cc1ccc2c(O)csc2c1CBr. The number of aryl methyl sites for hydroxylation is 1. The summed E-state index contributed by atoms with van der Waals surface area (Å²) in [4.78, 5) is 0. The molecule has 1 N–H and O–H groups in total. The molecule has 1 nitrogen and oxygen atoms in total. The molecule has 3 heteroatoms. The van der Waals surface area contributed by atoms with Crippen molar-refractivity contribution in [3.05, 3.63) is 28.6 Å². The lowest BCUT2D eigenvalue weighted by Crippen LogP contribution is -1.83. The molecular formula is C10H9BrOS. The normalized spacial score (nSPS) is 10.9. The Labute approximate surface area is 89.1 Å². The molecule has 1 aromatic carbocycles. The summed E-state index contributed by atoms with van der Waals surface area (Å²) in [5.41, 5.74) is 2.55. The van der Waals surface area contributed by atoms with Crippen LogP contribution in [0.4, 0.5) is 0 Å². The van der Waals surface area contributed by atoms with E-state index in [-0.39, 0.29) is 0 Å². The summed E-state index contributed by atoms with van der Waals surface area (Å²) < 4.78 is 1.19. The lowest BCUT2D eigenvalue weighted by molar-refractivity contribution is 0.483. The van der Waals surface area contributed by atoms with Crippen LogP contribution in [0.25, 0.3) is 10.1 Å². The topological polar surface area (TPSA) is 20.2 Å². The number of fused-ring (bicyclic) bond motifs is 1. The van der Waals surface area contributed by atoms with Gasteiger partial charge >= 0.3 is 0 Å². The van der Waals surface area contributed by atoms with Crippen molar-refractivity contribution in [2.24, 2.45) is 0 Å². The highest BCUT2D eigenvalue weighted by atomic mass is 79.9. The Morgan fingerprint density at radius 2 is 2.23 bits per heavy atom. The molecule has 0 saturated carbocycles. The van der Waals surface area contributed by atoms with Crippen molar-refractivity contribution in [2.75, 3.05) is 0 Å². The highest BCUT2D eigenvalue weighted by Gasteiger charge is 2.08. The minimum absolute atomic E-state index is 0.391. The summed E-state index contributed by atoms with van der Waals surface area (Å²) in [7, 11) is 0. The molecule has 2 rings (SSSR count). The third kappa shape index (κ3) is 1.36. The quantitative estimate of drug-likeness (QED) is 0.770. The molecule has 0 aliphatic rings. The van der Waals surface area contributed by atoms with Gasteiger partial charge in [0.05, 0.1) is 0 Å². The van der Waals surface area contributed by atoms with Gasteiger partial charge in [-0.05, 0) is 24.1 Å². The maximum absolute atomic E-state index is 9.52. The van der Waals surface area contributed by atoms with Crippen LogP contribution in [-0.2, 0) is 5.33 Å². The number of halogens is 1. The van der Waals surface area contributed by atoms with Gasteiger partial charge in [0, 0.05) is 20.8 Å². The Balaban J connectivity index is 2.85. The van der Waals surface area contributed by atoms with Gasteiger partial charge in [0.15, 0.2) is 0 Å². The van der Waals surface area contributed by atoms with Crippen LogP contribution in [0.15, 0.2) is 17.5 Å². The van der Waals surface area contributed by atoms with Crippen molar-refractivity contribution in [1.29, 1.82) is 0 Å². The lowest BCUT2D eigenvalue weighted by atomic mass is 10.1. The average Bonchev–Trinajstić information content (AvgIpc) is 2.48. The molecule has 0 saturated heterocycles. The summed E-state index contributed by atoms with van der Waals surface area (Å²) in [6.07, 6.45) is 0. The molecule has 0 aliphatic carbocycles. The second-order valence-electron chi connectivity index (χ2n) is 2.99. The van der Waals surface area contributed by atoms with Crippen LogP contribution in [-0.4, -0.2) is 5.11 Å². The van der Waals surface area contributed by atoms with Crippen LogP contribution >= 0.6 is 27.3 Å². The molecule has 13 heavy (non-hydrogen) atoms. The van der Waals surface area contributed by atoms with Crippen molar-refractivity contribution in [1.82, 2.24) is 0 Å². The molecule has 0 aliphatic heterocycles. The first-order chi connectivity index (χ1) is 6.24. The van der Waals surface area contributed by atoms with Gasteiger partial charge in [0.1, 0.15) is 5.75 Å². The van der Waals surface area contributed by atoms with Gasteiger partial charge in [-0.3, -0.25) is 0 Å². The number of alkyl halides is 1. The maximum Gasteiger partial charge on any atom is 0.134 e. The molecule has 1 heterocycles. The molecule has 0 bridgehead atoms. The van der Waals surface area contributed by atoms with E-state index in [1.54, 1.807) is 16.7 Å². The van der Waals surface area contributed by atoms with Crippen molar-refractivity contribution in [3.63, 3.8) is 0 Å². The fourth-order valence-electron chi connectivity index (χ4n) is 1.41. The second kappa shape index (κ2) is 3.31. The van der Waals surface area contributed by atoms with E-state index in [2.05, 4.69) is 22.9 Å². The fourth-order valence-corrected chi connectivity index (χ4v) is 3.35. The smallest absolute Gasteiger partial charge is 0.134 e. The van der Waals surface area contributed by atoms with Gasteiger partial charge in [-0.25, -0.2) is 0 Å². The van der Waals surface area contributed by atoms with E-state index in [0.29, 0.717) is 5.75 Å². The zero-order valence-corrected chi connectivity index (χ0v) is 9.58. The zero-order chi connectivity index (χ0) is 9.42. The molecule has 1 aromatic heterocycles. The summed E-state index contributed by atoms with van der Waals surface area (Å²) in [6.45, 7) is 2.09. The van der Waals surface area contributed by atoms with E-state index in [1.165, 1.54) is 15.8 Å². The Bertz CT molecular complexity index is 447. The molecule has 0 spiro atoms. The number of thiophene rings is 1. The lowest BCUT2D eigenvalue weighted by Gasteiger charge is -2.02. The zero-order valence-electron chi connectivity index (χ0n) is 7.17. The highest BCUT2D eigenvalue weighted by Crippen LogP contribution is 2.35. The van der Waals surface area contributed by atoms with Gasteiger partial charge < -0.3 is 5.11 Å². The molecular weight excluding hydrogens is 248 g/mol. The Morgan fingerprint density at radius 3 is 2.92 bits per heavy atom. The number of rotatable bonds is 1. The Morgan fingerprint density at radius 1 is 1.46 bits per heavy atom. The minimum atomic E-state index is 0.391. The summed E-state index contributed by atoms with van der Waals surface area (Å²) in [5, 5.41) is 13.1. The van der Waals surface area contributed by atoms with Crippen LogP contribution in [0.5, 0.6) is 5.75 Å².